The lowest BCUT2D eigenvalue weighted by atomic mass is 9.89. The van der Waals surface area contributed by atoms with Crippen LogP contribution in [-0.2, 0) is 0 Å². The molecule has 0 aliphatic heterocycles. The average Bonchev–Trinajstić information content (AvgIpc) is 2.62. The zero-order valence-corrected chi connectivity index (χ0v) is 5.90. The third kappa shape index (κ3) is 0.710. The van der Waals surface area contributed by atoms with Crippen molar-refractivity contribution >= 4 is 0 Å². The van der Waals surface area contributed by atoms with Crippen LogP contribution in [0.15, 0.2) is 0 Å². The van der Waals surface area contributed by atoms with E-state index in [1.54, 1.807) is 0 Å². The SMILES string of the molecule is NC[C@@]12CCCC[C@@H]1C2. The minimum absolute atomic E-state index is 0.665. The lowest BCUT2D eigenvalue weighted by Gasteiger charge is -2.19. The zero-order valence-electron chi connectivity index (χ0n) is 5.90. The van der Waals surface area contributed by atoms with Crippen LogP contribution < -0.4 is 5.73 Å². The van der Waals surface area contributed by atoms with E-state index in [4.69, 9.17) is 5.73 Å². The molecule has 1 nitrogen and oxygen atoms in total. The van der Waals surface area contributed by atoms with Gasteiger partial charge in [-0.3, -0.25) is 0 Å². The summed E-state index contributed by atoms with van der Waals surface area (Å²) in [6, 6.07) is 0. The van der Waals surface area contributed by atoms with Crippen molar-refractivity contribution in [3.63, 3.8) is 0 Å². The van der Waals surface area contributed by atoms with Gasteiger partial charge in [0.15, 0.2) is 0 Å². The monoisotopic (exact) mass is 125 g/mol. The number of hydrogen-bond acceptors (Lipinski definition) is 1. The number of fused-ring (bicyclic) bond motifs is 1. The lowest BCUT2D eigenvalue weighted by Crippen LogP contribution is -2.20. The molecule has 0 heterocycles. The fourth-order valence-electron chi connectivity index (χ4n) is 2.37. The smallest absolute Gasteiger partial charge is 0.00178 e. The molecule has 0 saturated heterocycles. The number of hydrogen-bond donors (Lipinski definition) is 1. The summed E-state index contributed by atoms with van der Waals surface area (Å²) in [5.41, 5.74) is 6.34. The second kappa shape index (κ2) is 1.72. The fourth-order valence-corrected chi connectivity index (χ4v) is 2.37. The van der Waals surface area contributed by atoms with Gasteiger partial charge in [0.1, 0.15) is 0 Å². The van der Waals surface area contributed by atoms with E-state index < -0.39 is 0 Å². The molecule has 0 aromatic rings. The zero-order chi connectivity index (χ0) is 6.32. The van der Waals surface area contributed by atoms with E-state index in [0.29, 0.717) is 5.41 Å². The predicted octanol–water partition coefficient (Wildman–Crippen LogP) is 1.53. The summed E-state index contributed by atoms with van der Waals surface area (Å²) in [6.45, 7) is 0.956. The third-order valence-corrected chi connectivity index (χ3v) is 3.24. The molecule has 2 aliphatic rings. The maximum absolute atomic E-state index is 5.68. The van der Waals surface area contributed by atoms with Gasteiger partial charge >= 0.3 is 0 Å². The second-order valence-corrected chi connectivity index (χ2v) is 3.71. The lowest BCUT2D eigenvalue weighted by molar-refractivity contribution is 0.346. The normalized spacial score (nSPS) is 48.3. The van der Waals surface area contributed by atoms with E-state index in [0.717, 1.165) is 12.5 Å². The summed E-state index contributed by atoms with van der Waals surface area (Å²) in [5, 5.41) is 0. The van der Waals surface area contributed by atoms with Gasteiger partial charge in [0.2, 0.25) is 0 Å². The molecule has 2 aliphatic carbocycles. The van der Waals surface area contributed by atoms with Crippen LogP contribution in [0.3, 0.4) is 0 Å². The van der Waals surface area contributed by atoms with Crippen LogP contribution in [0.1, 0.15) is 32.1 Å². The summed E-state index contributed by atoms with van der Waals surface area (Å²) >= 11 is 0. The van der Waals surface area contributed by atoms with E-state index in [9.17, 15) is 0 Å². The van der Waals surface area contributed by atoms with Crippen molar-refractivity contribution in [3.8, 4) is 0 Å². The van der Waals surface area contributed by atoms with Crippen molar-refractivity contribution in [1.82, 2.24) is 0 Å². The molecule has 2 atom stereocenters. The summed E-state index contributed by atoms with van der Waals surface area (Å²) < 4.78 is 0. The highest BCUT2D eigenvalue weighted by Gasteiger charge is 2.53. The van der Waals surface area contributed by atoms with Crippen molar-refractivity contribution in [3.05, 3.63) is 0 Å². The molecule has 0 aromatic heterocycles. The van der Waals surface area contributed by atoms with Gasteiger partial charge in [-0.15, -0.1) is 0 Å². The molecular formula is C8H15N. The van der Waals surface area contributed by atoms with E-state index in [1.165, 1.54) is 32.1 Å². The molecule has 2 fully saturated rings. The molecule has 1 heteroatoms. The Labute approximate surface area is 56.6 Å². The molecule has 2 rings (SSSR count). The highest BCUT2D eigenvalue weighted by atomic mass is 14.7. The number of nitrogens with two attached hydrogens (primary N) is 1. The molecule has 0 aromatic carbocycles. The second-order valence-electron chi connectivity index (χ2n) is 3.71. The highest BCUT2D eigenvalue weighted by Crippen LogP contribution is 2.60. The summed E-state index contributed by atoms with van der Waals surface area (Å²) in [7, 11) is 0. The Bertz CT molecular complexity index is 122. The van der Waals surface area contributed by atoms with Crippen LogP contribution >= 0.6 is 0 Å². The van der Waals surface area contributed by atoms with Gasteiger partial charge in [0, 0.05) is 0 Å². The molecule has 2 saturated carbocycles. The van der Waals surface area contributed by atoms with Crippen molar-refractivity contribution in [1.29, 1.82) is 0 Å². The van der Waals surface area contributed by atoms with Crippen LogP contribution in [0.5, 0.6) is 0 Å². The van der Waals surface area contributed by atoms with Gasteiger partial charge in [-0.05, 0) is 37.1 Å². The maximum Gasteiger partial charge on any atom is -0.00178 e. The topological polar surface area (TPSA) is 26.0 Å². The standard InChI is InChI=1S/C8H15N/c9-6-8-4-2-1-3-7(8)5-8/h7H,1-6,9H2/t7-,8+/m1/s1. The Morgan fingerprint density at radius 1 is 1.44 bits per heavy atom. The van der Waals surface area contributed by atoms with Crippen LogP contribution in [0.25, 0.3) is 0 Å². The fraction of sp³-hybridized carbons (Fsp3) is 1.00. The molecule has 0 unspecified atom stereocenters. The Morgan fingerprint density at radius 2 is 2.33 bits per heavy atom. The maximum atomic E-state index is 5.68. The largest absolute Gasteiger partial charge is 0.330 e. The van der Waals surface area contributed by atoms with Gasteiger partial charge in [0.05, 0.1) is 0 Å². The van der Waals surface area contributed by atoms with Gasteiger partial charge in [-0.2, -0.15) is 0 Å². The van der Waals surface area contributed by atoms with Crippen LogP contribution in [-0.4, -0.2) is 6.54 Å². The highest BCUT2D eigenvalue weighted by molar-refractivity contribution is 5.04. The average molecular weight is 125 g/mol. The Kier molecular flexibility index (Phi) is 1.10. The first kappa shape index (κ1) is 5.72. The Hall–Kier alpha value is -0.0400. The van der Waals surface area contributed by atoms with Crippen molar-refractivity contribution in [2.45, 2.75) is 32.1 Å². The Balaban J connectivity index is 2.01. The minimum atomic E-state index is 0.665. The van der Waals surface area contributed by atoms with Crippen LogP contribution in [0.2, 0.25) is 0 Å². The molecule has 9 heavy (non-hydrogen) atoms. The van der Waals surface area contributed by atoms with Gasteiger partial charge in [-0.1, -0.05) is 12.8 Å². The first-order valence-corrected chi connectivity index (χ1v) is 4.07. The van der Waals surface area contributed by atoms with Gasteiger partial charge in [0.25, 0.3) is 0 Å². The Morgan fingerprint density at radius 3 is 2.89 bits per heavy atom. The van der Waals surface area contributed by atoms with Crippen LogP contribution in [0, 0.1) is 11.3 Å². The van der Waals surface area contributed by atoms with Crippen molar-refractivity contribution in [2.75, 3.05) is 6.54 Å². The number of rotatable bonds is 1. The molecular weight excluding hydrogens is 110 g/mol. The summed E-state index contributed by atoms with van der Waals surface area (Å²) in [4.78, 5) is 0. The molecule has 0 spiro atoms. The first-order chi connectivity index (χ1) is 4.37. The van der Waals surface area contributed by atoms with Crippen molar-refractivity contribution < 1.29 is 0 Å². The van der Waals surface area contributed by atoms with E-state index in [1.807, 2.05) is 0 Å². The third-order valence-electron chi connectivity index (χ3n) is 3.24. The summed E-state index contributed by atoms with van der Waals surface area (Å²) in [6.07, 6.45) is 7.25. The predicted molar refractivity (Wildman–Crippen MR) is 38.1 cm³/mol. The molecule has 2 N–H and O–H groups in total. The summed E-state index contributed by atoms with van der Waals surface area (Å²) in [5.74, 6) is 1.04. The molecule has 0 amide bonds. The van der Waals surface area contributed by atoms with Crippen LogP contribution in [0.4, 0.5) is 0 Å². The van der Waals surface area contributed by atoms with Gasteiger partial charge in [-0.25, -0.2) is 0 Å². The van der Waals surface area contributed by atoms with Crippen molar-refractivity contribution in [2.24, 2.45) is 17.1 Å². The van der Waals surface area contributed by atoms with E-state index in [-0.39, 0.29) is 0 Å². The van der Waals surface area contributed by atoms with E-state index >= 15 is 0 Å². The first-order valence-electron chi connectivity index (χ1n) is 4.07. The van der Waals surface area contributed by atoms with Gasteiger partial charge < -0.3 is 5.73 Å². The van der Waals surface area contributed by atoms with E-state index in [2.05, 4.69) is 0 Å². The minimum Gasteiger partial charge on any atom is -0.330 e. The molecule has 52 valence electrons. The quantitative estimate of drug-likeness (QED) is 0.565. The molecule has 0 radical (unpaired) electrons. The molecule has 0 bridgehead atoms.